The van der Waals surface area contributed by atoms with E-state index >= 15 is 0 Å². The fourth-order valence-electron chi connectivity index (χ4n) is 0.666. The van der Waals surface area contributed by atoms with Crippen molar-refractivity contribution in [1.82, 2.24) is 5.32 Å². The van der Waals surface area contributed by atoms with Crippen LogP contribution in [0.15, 0.2) is 0 Å². The van der Waals surface area contributed by atoms with Gasteiger partial charge in [0.2, 0.25) is 0 Å². The van der Waals surface area contributed by atoms with Gasteiger partial charge in [0.25, 0.3) is 0 Å². The Bertz CT molecular complexity index is 96.1. The molecule has 0 saturated carbocycles. The average molecular weight is 182 g/mol. The predicted molar refractivity (Wildman–Crippen MR) is 48.0 cm³/mol. The van der Waals surface area contributed by atoms with E-state index in [-0.39, 0.29) is 12.1 Å². The van der Waals surface area contributed by atoms with Crippen molar-refractivity contribution in [2.75, 3.05) is 25.6 Å². The topological polar surface area (TPSA) is 12.0 Å². The highest BCUT2D eigenvalue weighted by Crippen LogP contribution is 2.14. The van der Waals surface area contributed by atoms with Crippen molar-refractivity contribution in [2.45, 2.75) is 20.3 Å². The molecular formula is C8H17ClFN. The SMILES string of the molecule is CC(C)(CCl)CNCCCF. The number of halogens is 2. The molecule has 0 aromatic rings. The van der Waals surface area contributed by atoms with E-state index in [9.17, 15) is 4.39 Å². The van der Waals surface area contributed by atoms with E-state index in [4.69, 9.17) is 11.6 Å². The Balaban J connectivity index is 3.23. The zero-order valence-corrected chi connectivity index (χ0v) is 8.05. The second kappa shape index (κ2) is 5.78. The first-order valence-corrected chi connectivity index (χ1v) is 4.48. The molecular weight excluding hydrogens is 165 g/mol. The summed E-state index contributed by atoms with van der Waals surface area (Å²) in [6, 6.07) is 0. The van der Waals surface area contributed by atoms with Gasteiger partial charge in [-0.3, -0.25) is 4.39 Å². The molecule has 0 atom stereocenters. The summed E-state index contributed by atoms with van der Waals surface area (Å²) < 4.78 is 11.6. The summed E-state index contributed by atoms with van der Waals surface area (Å²) in [6.45, 7) is 5.53. The monoisotopic (exact) mass is 181 g/mol. The Hall–Kier alpha value is 0.180. The van der Waals surface area contributed by atoms with Crippen LogP contribution in [0.5, 0.6) is 0 Å². The highest BCUT2D eigenvalue weighted by Gasteiger charge is 2.14. The maximum absolute atomic E-state index is 11.6. The second-order valence-corrected chi connectivity index (χ2v) is 3.78. The van der Waals surface area contributed by atoms with Crippen LogP contribution in [0.3, 0.4) is 0 Å². The van der Waals surface area contributed by atoms with Crippen LogP contribution in [0, 0.1) is 5.41 Å². The molecule has 0 rings (SSSR count). The van der Waals surface area contributed by atoms with E-state index < -0.39 is 0 Å². The summed E-state index contributed by atoms with van der Waals surface area (Å²) in [5, 5.41) is 3.15. The Labute approximate surface area is 73.3 Å². The smallest absolute Gasteiger partial charge is 0.0906 e. The first kappa shape index (κ1) is 11.2. The highest BCUT2D eigenvalue weighted by atomic mass is 35.5. The number of hydrogen-bond acceptors (Lipinski definition) is 1. The van der Waals surface area contributed by atoms with Gasteiger partial charge in [-0.1, -0.05) is 13.8 Å². The largest absolute Gasteiger partial charge is 0.316 e. The molecule has 1 nitrogen and oxygen atoms in total. The lowest BCUT2D eigenvalue weighted by atomic mass is 9.97. The molecule has 3 heteroatoms. The molecule has 0 spiro atoms. The van der Waals surface area contributed by atoms with Crippen LogP contribution in [-0.2, 0) is 0 Å². The standard InChI is InChI=1S/C8H17ClFN/c1-8(2,6-9)7-11-5-3-4-10/h11H,3-7H2,1-2H3. The summed E-state index contributed by atoms with van der Waals surface area (Å²) in [6.07, 6.45) is 0.596. The normalized spacial score (nSPS) is 12.0. The van der Waals surface area contributed by atoms with E-state index in [1.807, 2.05) is 0 Å². The maximum Gasteiger partial charge on any atom is 0.0906 e. The zero-order valence-electron chi connectivity index (χ0n) is 7.29. The molecule has 0 fully saturated rings. The third-order valence-electron chi connectivity index (χ3n) is 1.45. The van der Waals surface area contributed by atoms with Gasteiger partial charge in [0.1, 0.15) is 0 Å². The molecule has 0 aromatic carbocycles. The first-order chi connectivity index (χ1) is 5.12. The molecule has 0 unspecified atom stereocenters. The van der Waals surface area contributed by atoms with Gasteiger partial charge in [-0.25, -0.2) is 0 Å². The molecule has 0 amide bonds. The number of hydrogen-bond donors (Lipinski definition) is 1. The van der Waals surface area contributed by atoms with E-state index in [1.165, 1.54) is 0 Å². The van der Waals surface area contributed by atoms with E-state index in [1.54, 1.807) is 0 Å². The number of rotatable bonds is 6. The lowest BCUT2D eigenvalue weighted by Gasteiger charge is -2.21. The lowest BCUT2D eigenvalue weighted by molar-refractivity contribution is 0.374. The average Bonchev–Trinajstić information content (AvgIpc) is 1.99. The minimum atomic E-state index is -0.242. The summed E-state index contributed by atoms with van der Waals surface area (Å²) in [4.78, 5) is 0. The molecule has 0 radical (unpaired) electrons. The van der Waals surface area contributed by atoms with Gasteiger partial charge >= 0.3 is 0 Å². The quantitative estimate of drug-likeness (QED) is 0.490. The van der Waals surface area contributed by atoms with Crippen molar-refractivity contribution in [3.05, 3.63) is 0 Å². The predicted octanol–water partition coefficient (Wildman–Crippen LogP) is 2.20. The molecule has 68 valence electrons. The van der Waals surface area contributed by atoms with Gasteiger partial charge in [-0.15, -0.1) is 11.6 Å². The maximum atomic E-state index is 11.6. The molecule has 0 aromatic heterocycles. The molecule has 0 aliphatic rings. The van der Waals surface area contributed by atoms with Crippen molar-refractivity contribution >= 4 is 11.6 Å². The Morgan fingerprint density at radius 1 is 1.45 bits per heavy atom. The number of nitrogens with one attached hydrogen (secondary N) is 1. The molecule has 0 aliphatic carbocycles. The fraction of sp³-hybridized carbons (Fsp3) is 1.00. The van der Waals surface area contributed by atoms with Gasteiger partial charge < -0.3 is 5.32 Å². The van der Waals surface area contributed by atoms with Crippen LogP contribution in [0.2, 0.25) is 0 Å². The summed E-state index contributed by atoms with van der Waals surface area (Å²) in [7, 11) is 0. The van der Waals surface area contributed by atoms with Gasteiger partial charge in [-0.05, 0) is 18.4 Å². The van der Waals surface area contributed by atoms with E-state index in [2.05, 4.69) is 19.2 Å². The minimum Gasteiger partial charge on any atom is -0.316 e. The van der Waals surface area contributed by atoms with Crippen LogP contribution >= 0.6 is 11.6 Å². The van der Waals surface area contributed by atoms with Gasteiger partial charge in [-0.2, -0.15) is 0 Å². The van der Waals surface area contributed by atoms with E-state index in [0.717, 1.165) is 13.1 Å². The molecule has 0 bridgehead atoms. The van der Waals surface area contributed by atoms with Crippen LogP contribution in [0.25, 0.3) is 0 Å². The second-order valence-electron chi connectivity index (χ2n) is 3.52. The minimum absolute atomic E-state index is 0.123. The summed E-state index contributed by atoms with van der Waals surface area (Å²) >= 11 is 5.69. The van der Waals surface area contributed by atoms with Crippen molar-refractivity contribution in [3.63, 3.8) is 0 Å². The molecule has 11 heavy (non-hydrogen) atoms. The fourth-order valence-corrected chi connectivity index (χ4v) is 0.760. The van der Waals surface area contributed by atoms with Gasteiger partial charge in [0, 0.05) is 12.4 Å². The molecule has 1 N–H and O–H groups in total. The molecule has 0 heterocycles. The van der Waals surface area contributed by atoms with Gasteiger partial charge in [0.15, 0.2) is 0 Å². The van der Waals surface area contributed by atoms with Crippen molar-refractivity contribution in [3.8, 4) is 0 Å². The molecule has 0 aliphatic heterocycles. The van der Waals surface area contributed by atoms with Crippen LogP contribution in [-0.4, -0.2) is 25.6 Å². The Morgan fingerprint density at radius 2 is 2.09 bits per heavy atom. The van der Waals surface area contributed by atoms with Crippen molar-refractivity contribution < 1.29 is 4.39 Å². The Kier molecular flexibility index (Phi) is 5.88. The zero-order chi connectivity index (χ0) is 8.74. The van der Waals surface area contributed by atoms with Crippen molar-refractivity contribution in [2.24, 2.45) is 5.41 Å². The Morgan fingerprint density at radius 3 is 2.55 bits per heavy atom. The van der Waals surface area contributed by atoms with Gasteiger partial charge in [0.05, 0.1) is 6.67 Å². The molecule has 0 saturated heterocycles. The summed E-state index contributed by atoms with van der Waals surface area (Å²) in [5.41, 5.74) is 0.123. The third kappa shape index (κ3) is 6.57. The summed E-state index contributed by atoms with van der Waals surface area (Å²) in [5.74, 6) is 0.635. The van der Waals surface area contributed by atoms with E-state index in [0.29, 0.717) is 12.3 Å². The first-order valence-electron chi connectivity index (χ1n) is 3.95. The van der Waals surface area contributed by atoms with Crippen LogP contribution in [0.1, 0.15) is 20.3 Å². The number of alkyl halides is 2. The highest BCUT2D eigenvalue weighted by molar-refractivity contribution is 6.18. The van der Waals surface area contributed by atoms with Crippen LogP contribution in [0.4, 0.5) is 4.39 Å². The lowest BCUT2D eigenvalue weighted by Crippen LogP contribution is -2.31. The third-order valence-corrected chi connectivity index (χ3v) is 2.18. The van der Waals surface area contributed by atoms with Crippen LogP contribution < -0.4 is 5.32 Å². The van der Waals surface area contributed by atoms with Crippen molar-refractivity contribution in [1.29, 1.82) is 0 Å².